The van der Waals surface area contributed by atoms with Crippen LogP contribution >= 0.6 is 11.6 Å². The summed E-state index contributed by atoms with van der Waals surface area (Å²) in [5.41, 5.74) is 0. The number of ether oxygens (including phenoxy) is 2. The second kappa shape index (κ2) is 4.98. The van der Waals surface area contributed by atoms with Gasteiger partial charge >= 0.3 is 5.97 Å². The molecular formula is C10H10ClFO3. The van der Waals surface area contributed by atoms with Crippen molar-refractivity contribution in [2.24, 2.45) is 0 Å². The maximum atomic E-state index is 13.0. The van der Waals surface area contributed by atoms with Crippen LogP contribution in [0.2, 0.25) is 5.02 Å². The Kier molecular flexibility index (Phi) is 3.91. The fourth-order valence-corrected chi connectivity index (χ4v) is 1.09. The molecule has 0 bridgehead atoms. The van der Waals surface area contributed by atoms with Gasteiger partial charge in [-0.2, -0.15) is 0 Å². The number of halogens is 2. The van der Waals surface area contributed by atoms with Crippen molar-refractivity contribution in [2.75, 3.05) is 7.11 Å². The van der Waals surface area contributed by atoms with E-state index in [1.54, 1.807) is 0 Å². The van der Waals surface area contributed by atoms with Crippen molar-refractivity contribution in [1.82, 2.24) is 0 Å². The number of carbonyl (C=O) groups excluding carboxylic acids is 1. The fourth-order valence-electron chi connectivity index (χ4n) is 0.968. The van der Waals surface area contributed by atoms with Crippen LogP contribution in [0.5, 0.6) is 5.75 Å². The van der Waals surface area contributed by atoms with Gasteiger partial charge in [0.1, 0.15) is 11.6 Å². The van der Waals surface area contributed by atoms with E-state index in [0.717, 1.165) is 6.07 Å². The van der Waals surface area contributed by atoms with E-state index in [0.29, 0.717) is 0 Å². The molecule has 5 heteroatoms. The second-order valence-electron chi connectivity index (χ2n) is 2.86. The number of benzene rings is 1. The molecule has 0 aromatic heterocycles. The minimum Gasteiger partial charge on any atom is -0.479 e. The average molecular weight is 233 g/mol. The topological polar surface area (TPSA) is 35.5 Å². The van der Waals surface area contributed by atoms with Gasteiger partial charge in [-0.05, 0) is 19.1 Å². The van der Waals surface area contributed by atoms with Gasteiger partial charge in [-0.25, -0.2) is 9.18 Å². The number of hydrogen-bond acceptors (Lipinski definition) is 3. The zero-order valence-corrected chi connectivity index (χ0v) is 9.05. The number of esters is 1. The lowest BCUT2D eigenvalue weighted by molar-refractivity contribution is -0.147. The lowest BCUT2D eigenvalue weighted by Gasteiger charge is -2.12. The van der Waals surface area contributed by atoms with Gasteiger partial charge in [0.25, 0.3) is 0 Å². The van der Waals surface area contributed by atoms with Crippen LogP contribution in [-0.4, -0.2) is 19.2 Å². The Balaban J connectivity index is 2.73. The first-order valence-electron chi connectivity index (χ1n) is 4.24. The van der Waals surface area contributed by atoms with E-state index in [1.807, 2.05) is 0 Å². The summed E-state index contributed by atoms with van der Waals surface area (Å²) in [7, 11) is 1.25. The average Bonchev–Trinajstić information content (AvgIpc) is 2.22. The van der Waals surface area contributed by atoms with E-state index >= 15 is 0 Å². The van der Waals surface area contributed by atoms with Crippen molar-refractivity contribution >= 4 is 17.6 Å². The van der Waals surface area contributed by atoms with Gasteiger partial charge in [-0.15, -0.1) is 0 Å². The molecule has 0 amide bonds. The number of rotatable bonds is 3. The molecule has 0 aliphatic heterocycles. The maximum absolute atomic E-state index is 13.0. The van der Waals surface area contributed by atoms with Gasteiger partial charge in [0, 0.05) is 6.07 Å². The molecule has 0 fully saturated rings. The van der Waals surface area contributed by atoms with Crippen LogP contribution in [0, 0.1) is 5.82 Å². The number of methoxy groups -OCH3 is 1. The van der Waals surface area contributed by atoms with Crippen molar-refractivity contribution in [3.63, 3.8) is 0 Å². The summed E-state index contributed by atoms with van der Waals surface area (Å²) in [4.78, 5) is 11.0. The van der Waals surface area contributed by atoms with Gasteiger partial charge < -0.3 is 9.47 Å². The van der Waals surface area contributed by atoms with Crippen molar-refractivity contribution in [3.05, 3.63) is 29.0 Å². The zero-order chi connectivity index (χ0) is 11.4. The third-order valence-electron chi connectivity index (χ3n) is 1.74. The summed E-state index contributed by atoms with van der Waals surface area (Å²) in [5.74, 6) is -0.883. The highest BCUT2D eigenvalue weighted by Gasteiger charge is 2.15. The standard InChI is InChI=1S/C10H10ClFO3/c1-6(10(13)14-2)15-7-3-4-8(11)9(12)5-7/h3-6H,1-2H3/t6-/m1/s1. The Hall–Kier alpha value is -1.29. The normalized spacial score (nSPS) is 12.0. The van der Waals surface area contributed by atoms with Crippen molar-refractivity contribution < 1.29 is 18.7 Å². The largest absolute Gasteiger partial charge is 0.479 e. The first-order valence-corrected chi connectivity index (χ1v) is 4.62. The third-order valence-corrected chi connectivity index (χ3v) is 2.04. The molecule has 82 valence electrons. The predicted octanol–water partition coefficient (Wildman–Crippen LogP) is 2.42. The summed E-state index contributed by atoms with van der Waals surface area (Å²) < 4.78 is 22.6. The summed E-state index contributed by atoms with van der Waals surface area (Å²) in [6.45, 7) is 1.51. The third kappa shape index (κ3) is 3.09. The molecule has 1 aromatic rings. The highest BCUT2D eigenvalue weighted by atomic mass is 35.5. The molecule has 0 aliphatic carbocycles. The lowest BCUT2D eigenvalue weighted by Crippen LogP contribution is -2.24. The fraction of sp³-hybridized carbons (Fsp3) is 0.300. The Morgan fingerprint density at radius 2 is 2.20 bits per heavy atom. The van der Waals surface area contributed by atoms with E-state index in [4.69, 9.17) is 16.3 Å². The van der Waals surface area contributed by atoms with Crippen LogP contribution in [0.3, 0.4) is 0 Å². The minimum absolute atomic E-state index is 0.00747. The Morgan fingerprint density at radius 3 is 2.73 bits per heavy atom. The molecule has 0 radical (unpaired) electrons. The van der Waals surface area contributed by atoms with E-state index < -0.39 is 17.9 Å². The molecule has 0 heterocycles. The van der Waals surface area contributed by atoms with Gasteiger partial charge in [-0.3, -0.25) is 0 Å². The molecule has 1 rings (SSSR count). The molecule has 1 aromatic carbocycles. The molecule has 0 unspecified atom stereocenters. The zero-order valence-electron chi connectivity index (χ0n) is 8.29. The first-order chi connectivity index (χ1) is 7.04. The molecule has 3 nitrogen and oxygen atoms in total. The SMILES string of the molecule is COC(=O)[C@@H](C)Oc1ccc(Cl)c(F)c1. The molecule has 1 atom stereocenters. The predicted molar refractivity (Wildman–Crippen MR) is 53.5 cm³/mol. The van der Waals surface area contributed by atoms with E-state index in [9.17, 15) is 9.18 Å². The first kappa shape index (κ1) is 11.8. The molecule has 15 heavy (non-hydrogen) atoms. The molecule has 0 saturated carbocycles. The molecule has 0 N–H and O–H groups in total. The van der Waals surface area contributed by atoms with Crippen molar-refractivity contribution in [2.45, 2.75) is 13.0 Å². The summed E-state index contributed by atoms with van der Waals surface area (Å²) in [5, 5.41) is 0.00747. The van der Waals surface area contributed by atoms with E-state index in [-0.39, 0.29) is 10.8 Å². The highest BCUT2D eigenvalue weighted by Crippen LogP contribution is 2.21. The Bertz CT molecular complexity index is 368. The van der Waals surface area contributed by atoms with Crippen LogP contribution in [-0.2, 0) is 9.53 Å². The monoisotopic (exact) mass is 232 g/mol. The number of carbonyl (C=O) groups is 1. The molecule has 0 saturated heterocycles. The highest BCUT2D eigenvalue weighted by molar-refractivity contribution is 6.30. The lowest BCUT2D eigenvalue weighted by atomic mass is 10.3. The summed E-state index contributed by atoms with van der Waals surface area (Å²) in [6.07, 6.45) is -0.782. The van der Waals surface area contributed by atoms with Gasteiger partial charge in [0.15, 0.2) is 6.10 Å². The number of hydrogen-bond donors (Lipinski definition) is 0. The minimum atomic E-state index is -0.782. The molecular weight excluding hydrogens is 223 g/mol. The van der Waals surface area contributed by atoms with Crippen LogP contribution in [0.25, 0.3) is 0 Å². The van der Waals surface area contributed by atoms with E-state index in [2.05, 4.69) is 4.74 Å². The van der Waals surface area contributed by atoms with Crippen LogP contribution in [0.15, 0.2) is 18.2 Å². The van der Waals surface area contributed by atoms with Crippen LogP contribution in [0.1, 0.15) is 6.92 Å². The van der Waals surface area contributed by atoms with Gasteiger partial charge in [0.2, 0.25) is 0 Å². The van der Waals surface area contributed by atoms with Gasteiger partial charge in [0.05, 0.1) is 12.1 Å². The smallest absolute Gasteiger partial charge is 0.346 e. The maximum Gasteiger partial charge on any atom is 0.346 e. The summed E-state index contributed by atoms with van der Waals surface area (Å²) >= 11 is 5.48. The summed E-state index contributed by atoms with van der Waals surface area (Å²) in [6, 6.07) is 3.95. The van der Waals surface area contributed by atoms with Crippen molar-refractivity contribution in [3.8, 4) is 5.75 Å². The molecule has 0 spiro atoms. The van der Waals surface area contributed by atoms with Crippen LogP contribution < -0.4 is 4.74 Å². The quantitative estimate of drug-likeness (QED) is 0.751. The van der Waals surface area contributed by atoms with Crippen molar-refractivity contribution in [1.29, 1.82) is 0 Å². The Labute approximate surface area is 91.7 Å². The second-order valence-corrected chi connectivity index (χ2v) is 3.27. The Morgan fingerprint density at radius 1 is 1.53 bits per heavy atom. The van der Waals surface area contributed by atoms with Crippen LogP contribution in [0.4, 0.5) is 4.39 Å². The van der Waals surface area contributed by atoms with Gasteiger partial charge in [-0.1, -0.05) is 11.6 Å². The van der Waals surface area contributed by atoms with E-state index in [1.165, 1.54) is 26.2 Å². The molecule has 0 aliphatic rings.